The van der Waals surface area contributed by atoms with Crippen molar-refractivity contribution in [1.29, 1.82) is 0 Å². The predicted molar refractivity (Wildman–Crippen MR) is 51.3 cm³/mol. The Morgan fingerprint density at radius 2 is 2.31 bits per heavy atom. The number of aliphatic imine (C=N–C) groups is 1. The summed E-state index contributed by atoms with van der Waals surface area (Å²) in [5.74, 6) is 1.45. The van der Waals surface area contributed by atoms with Crippen LogP contribution >= 0.6 is 0 Å². The third kappa shape index (κ3) is 1.20. The van der Waals surface area contributed by atoms with Crippen LogP contribution in [0.2, 0.25) is 0 Å². The number of hydrogen-bond donors (Lipinski definition) is 0. The van der Waals surface area contributed by atoms with Crippen LogP contribution in [0.5, 0.6) is 0 Å². The van der Waals surface area contributed by atoms with Crippen LogP contribution in [0.15, 0.2) is 23.3 Å². The maximum Gasteiger partial charge on any atom is 0.200 e. The summed E-state index contributed by atoms with van der Waals surface area (Å²) in [4.78, 5) is 15.6. The van der Waals surface area contributed by atoms with Crippen LogP contribution in [-0.4, -0.2) is 22.7 Å². The molecule has 0 spiro atoms. The van der Waals surface area contributed by atoms with Crippen LogP contribution in [0, 0.1) is 5.92 Å². The molecule has 0 fully saturated rings. The monoisotopic (exact) mass is 176 g/mol. The molecule has 68 valence electrons. The van der Waals surface area contributed by atoms with Gasteiger partial charge in [0.15, 0.2) is 0 Å². The topological polar surface area (TPSA) is 34.4 Å². The van der Waals surface area contributed by atoms with Gasteiger partial charge in [0, 0.05) is 12.1 Å². The van der Waals surface area contributed by atoms with E-state index in [-0.39, 0.29) is 5.78 Å². The van der Waals surface area contributed by atoms with Crippen LogP contribution in [-0.2, 0) is 0 Å². The zero-order valence-corrected chi connectivity index (χ0v) is 7.82. The van der Waals surface area contributed by atoms with E-state index in [1.807, 2.05) is 22.9 Å². The van der Waals surface area contributed by atoms with Crippen molar-refractivity contribution in [1.82, 2.24) is 4.57 Å². The molecule has 1 aliphatic heterocycles. The maximum absolute atomic E-state index is 11.4. The molecule has 3 nitrogen and oxygen atoms in total. The highest BCUT2D eigenvalue weighted by molar-refractivity contribution is 6.05. The molecular weight excluding hydrogens is 164 g/mol. The second-order valence-electron chi connectivity index (χ2n) is 3.52. The second kappa shape index (κ2) is 2.83. The Morgan fingerprint density at radius 3 is 3.00 bits per heavy atom. The molecule has 0 atom stereocenters. The van der Waals surface area contributed by atoms with Gasteiger partial charge in [0.05, 0.1) is 5.69 Å². The van der Waals surface area contributed by atoms with E-state index in [0.717, 1.165) is 11.5 Å². The lowest BCUT2D eigenvalue weighted by Crippen LogP contribution is -2.28. The Labute approximate surface area is 77.1 Å². The summed E-state index contributed by atoms with van der Waals surface area (Å²) >= 11 is 0. The number of carbonyl (C=O) groups is 1. The number of nitrogens with zero attached hydrogens (tertiary/aromatic N) is 2. The summed E-state index contributed by atoms with van der Waals surface area (Å²) in [5, 5.41) is 0. The summed E-state index contributed by atoms with van der Waals surface area (Å²) in [6.07, 6.45) is 1.89. The van der Waals surface area contributed by atoms with Crippen molar-refractivity contribution >= 4 is 11.6 Å². The van der Waals surface area contributed by atoms with Crippen LogP contribution < -0.4 is 0 Å². The van der Waals surface area contributed by atoms with Crippen molar-refractivity contribution in [3.63, 3.8) is 0 Å². The van der Waals surface area contributed by atoms with E-state index >= 15 is 0 Å². The fraction of sp³-hybridized carbons (Fsp3) is 0.400. The molecule has 1 aliphatic rings. The second-order valence-corrected chi connectivity index (χ2v) is 3.52. The molecule has 0 radical (unpaired) electrons. The van der Waals surface area contributed by atoms with Gasteiger partial charge in [-0.05, 0) is 12.1 Å². The molecule has 0 aliphatic carbocycles. The predicted octanol–water partition coefficient (Wildman–Crippen LogP) is 1.59. The average Bonchev–Trinajstić information content (AvgIpc) is 2.53. The van der Waals surface area contributed by atoms with Gasteiger partial charge in [-0.15, -0.1) is 0 Å². The van der Waals surface area contributed by atoms with E-state index in [2.05, 4.69) is 18.8 Å². The van der Waals surface area contributed by atoms with Gasteiger partial charge in [-0.3, -0.25) is 9.79 Å². The Hall–Kier alpha value is -1.38. The summed E-state index contributed by atoms with van der Waals surface area (Å²) in [7, 11) is 0. The fourth-order valence-electron chi connectivity index (χ4n) is 1.58. The molecule has 0 amide bonds. The van der Waals surface area contributed by atoms with Crippen LogP contribution in [0.1, 0.15) is 24.3 Å². The largest absolute Gasteiger partial charge is 0.302 e. The highest BCUT2D eigenvalue weighted by Crippen LogP contribution is 2.13. The summed E-state index contributed by atoms with van der Waals surface area (Å²) in [6, 6.07) is 3.73. The van der Waals surface area contributed by atoms with Crippen LogP contribution in [0.25, 0.3) is 0 Å². The number of hydrogen-bond acceptors (Lipinski definition) is 2. The standard InChI is InChI=1S/C10H12N2O/c1-7(2)10-11-6-9(13)8-4-3-5-12(8)10/h3-5,7H,6H2,1-2H3. The van der Waals surface area contributed by atoms with Crippen molar-refractivity contribution in [2.24, 2.45) is 10.9 Å². The van der Waals surface area contributed by atoms with Gasteiger partial charge in [-0.25, -0.2) is 0 Å². The van der Waals surface area contributed by atoms with Gasteiger partial charge < -0.3 is 4.57 Å². The smallest absolute Gasteiger partial charge is 0.200 e. The summed E-state index contributed by atoms with van der Waals surface area (Å²) in [5.41, 5.74) is 0.763. The highest BCUT2D eigenvalue weighted by Gasteiger charge is 2.20. The van der Waals surface area contributed by atoms with E-state index in [4.69, 9.17) is 0 Å². The van der Waals surface area contributed by atoms with Gasteiger partial charge in [0.1, 0.15) is 12.4 Å². The fourth-order valence-corrected chi connectivity index (χ4v) is 1.58. The molecule has 1 aromatic heterocycles. The number of rotatable bonds is 1. The van der Waals surface area contributed by atoms with Crippen molar-refractivity contribution in [2.75, 3.05) is 6.54 Å². The first-order chi connectivity index (χ1) is 6.20. The van der Waals surface area contributed by atoms with E-state index in [1.54, 1.807) is 0 Å². The van der Waals surface area contributed by atoms with Crippen LogP contribution in [0.4, 0.5) is 0 Å². The first-order valence-corrected chi connectivity index (χ1v) is 4.45. The maximum atomic E-state index is 11.4. The lowest BCUT2D eigenvalue weighted by Gasteiger charge is -2.18. The molecule has 13 heavy (non-hydrogen) atoms. The van der Waals surface area contributed by atoms with Crippen molar-refractivity contribution < 1.29 is 4.79 Å². The quantitative estimate of drug-likeness (QED) is 0.639. The minimum absolute atomic E-state index is 0.106. The van der Waals surface area contributed by atoms with E-state index in [1.165, 1.54) is 0 Å². The molecule has 0 saturated heterocycles. The summed E-state index contributed by atoms with van der Waals surface area (Å²) < 4.78 is 1.89. The van der Waals surface area contributed by atoms with Crippen molar-refractivity contribution in [2.45, 2.75) is 13.8 Å². The molecule has 0 bridgehead atoms. The first-order valence-electron chi connectivity index (χ1n) is 4.45. The molecule has 2 rings (SSSR count). The molecule has 0 saturated carbocycles. The highest BCUT2D eigenvalue weighted by atomic mass is 16.1. The van der Waals surface area contributed by atoms with E-state index < -0.39 is 0 Å². The van der Waals surface area contributed by atoms with Gasteiger partial charge in [-0.2, -0.15) is 0 Å². The minimum Gasteiger partial charge on any atom is -0.302 e. The molecule has 3 heteroatoms. The lowest BCUT2D eigenvalue weighted by atomic mass is 10.1. The summed E-state index contributed by atoms with van der Waals surface area (Å²) in [6.45, 7) is 4.47. The first kappa shape index (κ1) is 8.23. The average molecular weight is 176 g/mol. The van der Waals surface area contributed by atoms with Gasteiger partial charge in [-0.1, -0.05) is 13.8 Å². The molecule has 1 aromatic rings. The lowest BCUT2D eigenvalue weighted by molar-refractivity contribution is 0.0992. The molecule has 0 aromatic carbocycles. The number of aromatic nitrogens is 1. The van der Waals surface area contributed by atoms with Crippen LogP contribution in [0.3, 0.4) is 0 Å². The van der Waals surface area contributed by atoms with Crippen molar-refractivity contribution in [3.8, 4) is 0 Å². The Morgan fingerprint density at radius 1 is 1.54 bits per heavy atom. The Kier molecular flexibility index (Phi) is 1.79. The van der Waals surface area contributed by atoms with Gasteiger partial charge in [0.25, 0.3) is 0 Å². The zero-order valence-electron chi connectivity index (χ0n) is 7.82. The number of Topliss-reactive ketones (excluding diaryl/α,β-unsaturated/α-hetero) is 1. The minimum atomic E-state index is 0.106. The van der Waals surface area contributed by atoms with E-state index in [9.17, 15) is 4.79 Å². The number of fused-ring (bicyclic) bond motifs is 1. The van der Waals surface area contributed by atoms with Gasteiger partial charge >= 0.3 is 0 Å². The molecule has 0 N–H and O–H groups in total. The molecule has 2 heterocycles. The molecular formula is C10H12N2O. The Balaban J connectivity index is 2.52. The third-order valence-corrected chi connectivity index (χ3v) is 2.18. The number of ketones is 1. The number of carbonyl (C=O) groups excluding carboxylic acids is 1. The zero-order chi connectivity index (χ0) is 9.42. The van der Waals surface area contributed by atoms with Crippen molar-refractivity contribution in [3.05, 3.63) is 24.0 Å². The molecule has 0 unspecified atom stereocenters. The van der Waals surface area contributed by atoms with E-state index in [0.29, 0.717) is 12.5 Å². The SMILES string of the molecule is CC(C)C1=NCC(=O)c2cccn21. The normalized spacial score (nSPS) is 15.9. The van der Waals surface area contributed by atoms with Gasteiger partial charge in [0.2, 0.25) is 5.78 Å². The third-order valence-electron chi connectivity index (χ3n) is 2.18. The Bertz CT molecular complexity index is 374.